The minimum atomic E-state index is -1.16. The summed E-state index contributed by atoms with van der Waals surface area (Å²) < 4.78 is 5.06. The van der Waals surface area contributed by atoms with Gasteiger partial charge in [-0.25, -0.2) is 4.79 Å². The molecule has 1 aromatic carbocycles. The first-order valence-electron chi connectivity index (χ1n) is 12.1. The summed E-state index contributed by atoms with van der Waals surface area (Å²) >= 11 is 0. The summed E-state index contributed by atoms with van der Waals surface area (Å²) in [7, 11) is 3.30. The molecule has 8 nitrogen and oxygen atoms in total. The van der Waals surface area contributed by atoms with Gasteiger partial charge in [0.25, 0.3) is 0 Å². The molecule has 0 radical (unpaired) electrons. The number of rotatable bonds is 12. The molecule has 2 amide bonds. The van der Waals surface area contributed by atoms with E-state index in [0.717, 1.165) is 5.56 Å². The summed E-state index contributed by atoms with van der Waals surface area (Å²) in [5, 5.41) is 16.3. The molecule has 1 rings (SSSR count). The number of ether oxygens (including phenoxy) is 1. The highest BCUT2D eigenvalue weighted by Crippen LogP contribution is 2.27. The lowest BCUT2D eigenvalue weighted by Crippen LogP contribution is -2.61. The molecular formula is C27H43N3O5. The predicted octanol–water partition coefficient (Wildman–Crippen LogP) is 2.41. The van der Waals surface area contributed by atoms with Crippen molar-refractivity contribution >= 4 is 17.8 Å². The van der Waals surface area contributed by atoms with E-state index in [9.17, 15) is 19.5 Å². The molecule has 35 heavy (non-hydrogen) atoms. The van der Waals surface area contributed by atoms with Crippen LogP contribution in [0.15, 0.2) is 42.0 Å². The number of nitrogens with zero attached hydrogens (tertiary/aromatic N) is 1. The van der Waals surface area contributed by atoms with Crippen molar-refractivity contribution in [1.82, 2.24) is 15.5 Å². The van der Waals surface area contributed by atoms with Gasteiger partial charge < -0.3 is 25.4 Å². The Balaban J connectivity index is 3.18. The van der Waals surface area contributed by atoms with Gasteiger partial charge in [-0.05, 0) is 39.3 Å². The molecule has 0 aliphatic carbocycles. The lowest BCUT2D eigenvalue weighted by atomic mass is 9.77. The van der Waals surface area contributed by atoms with Crippen LogP contribution in [0.5, 0.6) is 0 Å². The van der Waals surface area contributed by atoms with E-state index in [1.54, 1.807) is 34.0 Å². The Morgan fingerprint density at radius 3 is 2.17 bits per heavy atom. The molecule has 0 fully saturated rings. The second kappa shape index (κ2) is 13.4. The van der Waals surface area contributed by atoms with Gasteiger partial charge in [-0.15, -0.1) is 0 Å². The first-order chi connectivity index (χ1) is 16.3. The molecule has 8 heteroatoms. The van der Waals surface area contributed by atoms with Gasteiger partial charge in [-0.3, -0.25) is 9.59 Å². The zero-order valence-electron chi connectivity index (χ0n) is 22.6. The molecule has 0 heterocycles. The molecular weight excluding hydrogens is 446 g/mol. The van der Waals surface area contributed by atoms with E-state index < -0.39 is 47.4 Å². The van der Waals surface area contributed by atoms with Gasteiger partial charge in [0.15, 0.2) is 0 Å². The number of aliphatic hydroxyl groups is 1. The Kier molecular flexibility index (Phi) is 11.6. The van der Waals surface area contributed by atoms with Crippen molar-refractivity contribution < 1.29 is 24.2 Å². The van der Waals surface area contributed by atoms with E-state index in [1.165, 1.54) is 11.8 Å². The second-order valence-corrected chi connectivity index (χ2v) is 9.79. The maximum atomic E-state index is 13.5. The number of likely N-dealkylation sites (N-methyl/N-ethyl adjacent to an activating group) is 2. The van der Waals surface area contributed by atoms with Gasteiger partial charge in [0.1, 0.15) is 6.04 Å². The standard InChI is InChI=1S/C27H43N3O5/c1-10-35-26(34)18(4)16-21(17(2)3)30(9)25(33)22(19(5)31)29-24(32)23(28-8)27(6,7)20-14-12-11-13-15-20/h11-17,19,21-23,28,31H,10H2,1-9H3,(H,29,32)/b18-16+/t19-,21-,22-,23+/m0/s1. The molecule has 0 aliphatic heterocycles. The lowest BCUT2D eigenvalue weighted by Gasteiger charge is -2.37. The van der Waals surface area contributed by atoms with E-state index >= 15 is 0 Å². The molecule has 4 atom stereocenters. The van der Waals surface area contributed by atoms with Crippen LogP contribution in [0.1, 0.15) is 54.0 Å². The Bertz CT molecular complexity index is 880. The van der Waals surface area contributed by atoms with Gasteiger partial charge in [0, 0.05) is 18.0 Å². The monoisotopic (exact) mass is 489 g/mol. The van der Waals surface area contributed by atoms with Gasteiger partial charge in [-0.1, -0.05) is 64.1 Å². The highest BCUT2D eigenvalue weighted by molar-refractivity contribution is 5.91. The predicted molar refractivity (Wildman–Crippen MR) is 138 cm³/mol. The van der Waals surface area contributed by atoms with Gasteiger partial charge in [-0.2, -0.15) is 0 Å². The number of hydrogen-bond donors (Lipinski definition) is 3. The number of benzene rings is 1. The van der Waals surface area contributed by atoms with E-state index in [2.05, 4.69) is 10.6 Å². The highest BCUT2D eigenvalue weighted by Gasteiger charge is 2.39. The summed E-state index contributed by atoms with van der Waals surface area (Å²) in [6.45, 7) is 12.9. The number of aliphatic hydroxyl groups excluding tert-OH is 1. The van der Waals surface area contributed by atoms with Gasteiger partial charge in [0.05, 0.1) is 24.8 Å². The third kappa shape index (κ3) is 7.90. The molecule has 1 aromatic rings. The van der Waals surface area contributed by atoms with Crippen LogP contribution in [0.3, 0.4) is 0 Å². The zero-order chi connectivity index (χ0) is 26.9. The number of carbonyl (C=O) groups is 3. The van der Waals surface area contributed by atoms with Crippen LogP contribution in [0.25, 0.3) is 0 Å². The number of carbonyl (C=O) groups excluding carboxylic acids is 3. The van der Waals surface area contributed by atoms with Gasteiger partial charge in [0.2, 0.25) is 11.8 Å². The smallest absolute Gasteiger partial charge is 0.333 e. The van der Waals surface area contributed by atoms with Gasteiger partial charge >= 0.3 is 5.97 Å². The molecule has 0 saturated carbocycles. The number of amides is 2. The SMILES string of the molecule is CCOC(=O)/C(C)=C/[C@@H](C(C)C)N(C)C(=O)[C@@H](NC(=O)[C@@H](NC)C(C)(C)c1ccccc1)[C@H](C)O. The largest absolute Gasteiger partial charge is 0.463 e. The summed E-state index contributed by atoms with van der Waals surface area (Å²) in [6, 6.07) is 7.39. The summed E-state index contributed by atoms with van der Waals surface area (Å²) in [6.07, 6.45) is 0.560. The number of esters is 1. The summed E-state index contributed by atoms with van der Waals surface area (Å²) in [5.41, 5.74) is 0.770. The van der Waals surface area contributed by atoms with Crippen LogP contribution in [-0.4, -0.2) is 72.7 Å². The van der Waals surface area contributed by atoms with Crippen molar-refractivity contribution in [2.75, 3.05) is 20.7 Å². The first kappa shape index (κ1) is 30.3. The lowest BCUT2D eigenvalue weighted by molar-refractivity contribution is -0.141. The Morgan fingerprint density at radius 2 is 1.71 bits per heavy atom. The van der Waals surface area contributed by atoms with E-state index in [-0.39, 0.29) is 12.5 Å². The quantitative estimate of drug-likeness (QED) is 0.307. The van der Waals surface area contributed by atoms with Crippen LogP contribution < -0.4 is 10.6 Å². The highest BCUT2D eigenvalue weighted by atomic mass is 16.5. The van der Waals surface area contributed by atoms with Crippen LogP contribution >= 0.6 is 0 Å². The van der Waals surface area contributed by atoms with E-state index in [0.29, 0.717) is 5.57 Å². The van der Waals surface area contributed by atoms with E-state index in [1.807, 2.05) is 58.0 Å². The van der Waals surface area contributed by atoms with Crippen molar-refractivity contribution in [3.63, 3.8) is 0 Å². The van der Waals surface area contributed by atoms with Crippen molar-refractivity contribution in [2.45, 2.75) is 78.1 Å². The molecule has 0 bridgehead atoms. The van der Waals surface area contributed by atoms with Crippen molar-refractivity contribution in [3.8, 4) is 0 Å². The molecule has 0 spiro atoms. The molecule has 196 valence electrons. The second-order valence-electron chi connectivity index (χ2n) is 9.79. The average molecular weight is 490 g/mol. The maximum Gasteiger partial charge on any atom is 0.333 e. The molecule has 3 N–H and O–H groups in total. The van der Waals surface area contributed by atoms with Crippen molar-refractivity contribution in [2.24, 2.45) is 5.92 Å². The zero-order valence-corrected chi connectivity index (χ0v) is 22.6. The fraction of sp³-hybridized carbons (Fsp3) is 0.593. The van der Waals surface area contributed by atoms with Crippen LogP contribution in [-0.2, 0) is 24.5 Å². The Morgan fingerprint density at radius 1 is 1.14 bits per heavy atom. The summed E-state index contributed by atoms with van der Waals surface area (Å²) in [5.74, 6) is -1.32. The van der Waals surface area contributed by atoms with Crippen molar-refractivity contribution in [1.29, 1.82) is 0 Å². The Labute approximate surface area is 210 Å². The normalized spacial score (nSPS) is 15.7. The Hall–Kier alpha value is -2.71. The third-order valence-electron chi connectivity index (χ3n) is 6.33. The maximum absolute atomic E-state index is 13.5. The number of nitrogens with one attached hydrogen (secondary N) is 2. The fourth-order valence-corrected chi connectivity index (χ4v) is 4.17. The topological polar surface area (TPSA) is 108 Å². The minimum absolute atomic E-state index is 0.0271. The summed E-state index contributed by atoms with van der Waals surface area (Å²) in [4.78, 5) is 40.4. The first-order valence-corrected chi connectivity index (χ1v) is 12.1. The average Bonchev–Trinajstić information content (AvgIpc) is 2.80. The molecule has 0 unspecified atom stereocenters. The van der Waals surface area contributed by atoms with Crippen LogP contribution in [0.2, 0.25) is 0 Å². The number of hydrogen-bond acceptors (Lipinski definition) is 6. The fourth-order valence-electron chi connectivity index (χ4n) is 4.17. The van der Waals surface area contributed by atoms with Crippen LogP contribution in [0.4, 0.5) is 0 Å². The van der Waals surface area contributed by atoms with Crippen LogP contribution in [0, 0.1) is 5.92 Å². The minimum Gasteiger partial charge on any atom is -0.463 e. The molecule has 0 aromatic heterocycles. The van der Waals surface area contributed by atoms with Crippen molar-refractivity contribution in [3.05, 3.63) is 47.5 Å². The van der Waals surface area contributed by atoms with E-state index in [4.69, 9.17) is 4.74 Å². The third-order valence-corrected chi connectivity index (χ3v) is 6.33. The molecule has 0 aliphatic rings. The molecule has 0 saturated heterocycles.